The molecule has 2 aromatic carbocycles. The Morgan fingerprint density at radius 1 is 1.12 bits per heavy atom. The summed E-state index contributed by atoms with van der Waals surface area (Å²) in [5, 5.41) is 11.6. The van der Waals surface area contributed by atoms with Crippen molar-refractivity contribution in [1.29, 1.82) is 0 Å². The molecule has 26 heavy (non-hydrogen) atoms. The summed E-state index contributed by atoms with van der Waals surface area (Å²) in [5.41, 5.74) is 1.05. The fraction of sp³-hybridized carbons (Fsp3) is 0.211. The Morgan fingerprint density at radius 2 is 1.77 bits per heavy atom. The normalized spacial score (nSPS) is 18.8. The summed E-state index contributed by atoms with van der Waals surface area (Å²) in [6.45, 7) is 1.98. The molecule has 0 aromatic heterocycles. The molecule has 2 aromatic rings. The van der Waals surface area contributed by atoms with Gasteiger partial charge in [0.1, 0.15) is 5.75 Å². The molecule has 0 aliphatic carbocycles. The second kappa shape index (κ2) is 7.26. The highest BCUT2D eigenvalue weighted by atomic mass is 16.5. The lowest BCUT2D eigenvalue weighted by Gasteiger charge is -2.43. The van der Waals surface area contributed by atoms with Gasteiger partial charge in [-0.2, -0.15) is 0 Å². The van der Waals surface area contributed by atoms with Crippen LogP contribution in [0.5, 0.6) is 5.75 Å². The SMILES string of the molecule is CC1C(=O)N(C(=O)NCc2ccccc2)C1Oc1ccc(C(=O)O)cc1. The number of β-lactam (4-membered cyclic amide) rings is 1. The van der Waals surface area contributed by atoms with Crippen LogP contribution in [-0.2, 0) is 11.3 Å². The van der Waals surface area contributed by atoms with Gasteiger partial charge in [0.25, 0.3) is 0 Å². The summed E-state index contributed by atoms with van der Waals surface area (Å²) in [6, 6.07) is 14.6. The van der Waals surface area contributed by atoms with Crippen LogP contribution in [0.1, 0.15) is 22.8 Å². The Kier molecular flexibility index (Phi) is 4.88. The van der Waals surface area contributed by atoms with Gasteiger partial charge >= 0.3 is 12.0 Å². The van der Waals surface area contributed by atoms with Crippen molar-refractivity contribution in [3.63, 3.8) is 0 Å². The number of amides is 3. The Balaban J connectivity index is 1.63. The first-order valence-electron chi connectivity index (χ1n) is 8.12. The molecular formula is C19H18N2O5. The number of carbonyl (C=O) groups excluding carboxylic acids is 2. The summed E-state index contributed by atoms with van der Waals surface area (Å²) in [4.78, 5) is 36.3. The molecule has 0 radical (unpaired) electrons. The molecule has 1 aliphatic heterocycles. The van der Waals surface area contributed by atoms with Crippen LogP contribution in [-0.4, -0.2) is 34.1 Å². The van der Waals surface area contributed by atoms with Crippen molar-refractivity contribution in [2.45, 2.75) is 19.7 Å². The number of nitrogens with one attached hydrogen (secondary N) is 1. The van der Waals surface area contributed by atoms with Crippen LogP contribution in [0, 0.1) is 5.92 Å². The molecular weight excluding hydrogens is 336 g/mol. The molecule has 3 amide bonds. The van der Waals surface area contributed by atoms with Crippen molar-refractivity contribution < 1.29 is 24.2 Å². The van der Waals surface area contributed by atoms with Crippen molar-refractivity contribution in [1.82, 2.24) is 10.2 Å². The highest BCUT2D eigenvalue weighted by Gasteiger charge is 2.50. The first kappa shape index (κ1) is 17.5. The molecule has 2 atom stereocenters. The Morgan fingerprint density at radius 3 is 2.38 bits per heavy atom. The third-order valence-corrected chi connectivity index (χ3v) is 4.17. The van der Waals surface area contributed by atoms with E-state index in [2.05, 4.69) is 5.32 Å². The maximum absolute atomic E-state index is 12.3. The number of hydrogen-bond donors (Lipinski definition) is 2. The molecule has 0 saturated carbocycles. The Hall–Kier alpha value is -3.35. The van der Waals surface area contributed by atoms with Crippen LogP contribution in [0.25, 0.3) is 0 Å². The third-order valence-electron chi connectivity index (χ3n) is 4.17. The van der Waals surface area contributed by atoms with Crippen LogP contribution < -0.4 is 10.1 Å². The smallest absolute Gasteiger partial charge is 0.335 e. The Bertz CT molecular complexity index is 820. The van der Waals surface area contributed by atoms with Gasteiger partial charge in [0.2, 0.25) is 5.91 Å². The number of imide groups is 1. The minimum atomic E-state index is -1.04. The molecule has 2 N–H and O–H groups in total. The zero-order chi connectivity index (χ0) is 18.7. The van der Waals surface area contributed by atoms with Gasteiger partial charge in [-0.25, -0.2) is 14.5 Å². The van der Waals surface area contributed by atoms with E-state index in [0.717, 1.165) is 10.5 Å². The van der Waals surface area contributed by atoms with E-state index in [1.165, 1.54) is 24.3 Å². The molecule has 7 nitrogen and oxygen atoms in total. The van der Waals surface area contributed by atoms with E-state index in [1.807, 2.05) is 30.3 Å². The van der Waals surface area contributed by atoms with Gasteiger partial charge in [-0.1, -0.05) is 30.3 Å². The quantitative estimate of drug-likeness (QED) is 0.804. The van der Waals surface area contributed by atoms with Crippen LogP contribution in [0.3, 0.4) is 0 Å². The predicted molar refractivity (Wildman–Crippen MR) is 92.5 cm³/mol. The van der Waals surface area contributed by atoms with E-state index in [4.69, 9.17) is 9.84 Å². The van der Waals surface area contributed by atoms with E-state index in [9.17, 15) is 14.4 Å². The molecule has 0 spiro atoms. The zero-order valence-electron chi connectivity index (χ0n) is 14.1. The molecule has 1 aliphatic rings. The minimum absolute atomic E-state index is 0.132. The maximum atomic E-state index is 12.3. The van der Waals surface area contributed by atoms with Gasteiger partial charge in [0.05, 0.1) is 11.5 Å². The van der Waals surface area contributed by atoms with Crippen LogP contribution in [0.2, 0.25) is 0 Å². The maximum Gasteiger partial charge on any atom is 0.335 e. The predicted octanol–water partition coefficient (Wildman–Crippen LogP) is 2.48. The first-order valence-corrected chi connectivity index (χ1v) is 8.12. The summed E-state index contributed by atoms with van der Waals surface area (Å²) < 4.78 is 5.70. The molecule has 0 bridgehead atoms. The van der Waals surface area contributed by atoms with Crippen molar-refractivity contribution >= 4 is 17.9 Å². The van der Waals surface area contributed by atoms with Gasteiger partial charge in [-0.05, 0) is 36.8 Å². The van der Waals surface area contributed by atoms with Crippen molar-refractivity contribution in [2.75, 3.05) is 0 Å². The molecule has 1 heterocycles. The molecule has 7 heteroatoms. The number of likely N-dealkylation sites (tertiary alicyclic amines) is 1. The lowest BCUT2D eigenvalue weighted by atomic mass is 9.98. The second-order valence-corrected chi connectivity index (χ2v) is 5.98. The first-order chi connectivity index (χ1) is 12.5. The number of nitrogens with zero attached hydrogens (tertiary/aromatic N) is 1. The van der Waals surface area contributed by atoms with Crippen LogP contribution in [0.15, 0.2) is 54.6 Å². The lowest BCUT2D eigenvalue weighted by molar-refractivity contribution is -0.164. The zero-order valence-corrected chi connectivity index (χ0v) is 14.1. The number of rotatable bonds is 5. The highest BCUT2D eigenvalue weighted by molar-refractivity contribution is 6.00. The number of aromatic carboxylic acids is 1. The molecule has 1 saturated heterocycles. The molecule has 3 rings (SSSR count). The molecule has 1 fully saturated rings. The fourth-order valence-corrected chi connectivity index (χ4v) is 2.65. The van der Waals surface area contributed by atoms with Crippen LogP contribution in [0.4, 0.5) is 4.79 Å². The largest absolute Gasteiger partial charge is 0.478 e. The van der Waals surface area contributed by atoms with E-state index >= 15 is 0 Å². The lowest BCUT2D eigenvalue weighted by Crippen LogP contribution is -2.66. The number of ether oxygens (including phenoxy) is 1. The average molecular weight is 354 g/mol. The molecule has 2 unspecified atom stereocenters. The standard InChI is InChI=1S/C19H18N2O5/c1-12-16(22)21(19(25)20-11-13-5-3-2-4-6-13)17(12)26-15-9-7-14(8-10-15)18(23)24/h2-10,12,17H,11H2,1H3,(H,20,25)(H,23,24). The summed E-state index contributed by atoms with van der Waals surface area (Å²) in [7, 11) is 0. The molecule has 134 valence electrons. The van der Waals surface area contributed by atoms with Gasteiger partial charge in [-0.15, -0.1) is 0 Å². The number of carbonyl (C=O) groups is 3. The monoisotopic (exact) mass is 354 g/mol. The van der Waals surface area contributed by atoms with E-state index in [1.54, 1.807) is 6.92 Å². The number of carboxylic acids is 1. The van der Waals surface area contributed by atoms with Gasteiger partial charge in [-0.3, -0.25) is 4.79 Å². The summed E-state index contributed by atoms with van der Waals surface area (Å²) >= 11 is 0. The number of hydrogen-bond acceptors (Lipinski definition) is 4. The van der Waals surface area contributed by atoms with Gasteiger partial charge in [0.15, 0.2) is 6.23 Å². The number of urea groups is 1. The minimum Gasteiger partial charge on any atom is -0.478 e. The highest BCUT2D eigenvalue weighted by Crippen LogP contribution is 2.29. The fourth-order valence-electron chi connectivity index (χ4n) is 2.65. The number of carboxylic acid groups (broad SMARTS) is 1. The van der Waals surface area contributed by atoms with E-state index in [-0.39, 0.29) is 11.5 Å². The second-order valence-electron chi connectivity index (χ2n) is 5.98. The summed E-state index contributed by atoms with van der Waals surface area (Å²) in [6.07, 6.45) is -0.728. The number of benzene rings is 2. The Labute approximate surface area is 150 Å². The average Bonchev–Trinajstić information content (AvgIpc) is 2.66. The third kappa shape index (κ3) is 3.51. The van der Waals surface area contributed by atoms with E-state index in [0.29, 0.717) is 12.3 Å². The van der Waals surface area contributed by atoms with Gasteiger partial charge in [0, 0.05) is 6.54 Å². The van der Waals surface area contributed by atoms with Crippen molar-refractivity contribution in [2.24, 2.45) is 5.92 Å². The van der Waals surface area contributed by atoms with Crippen molar-refractivity contribution in [3.8, 4) is 5.75 Å². The van der Waals surface area contributed by atoms with Crippen LogP contribution >= 0.6 is 0 Å². The summed E-state index contributed by atoms with van der Waals surface area (Å²) in [5.74, 6) is -1.43. The topological polar surface area (TPSA) is 95.9 Å². The van der Waals surface area contributed by atoms with E-state index < -0.39 is 24.1 Å². The van der Waals surface area contributed by atoms with Crippen molar-refractivity contribution in [3.05, 3.63) is 65.7 Å². The van der Waals surface area contributed by atoms with Gasteiger partial charge < -0.3 is 15.2 Å².